The Morgan fingerprint density at radius 3 is 2.69 bits per heavy atom. The van der Waals surface area contributed by atoms with Crippen LogP contribution in [0.15, 0.2) is 0 Å². The van der Waals surface area contributed by atoms with Crippen molar-refractivity contribution in [1.82, 2.24) is 10.2 Å². The van der Waals surface area contributed by atoms with Crippen LogP contribution in [0.4, 0.5) is 4.79 Å². The van der Waals surface area contributed by atoms with Gasteiger partial charge in [-0.25, -0.2) is 4.79 Å². The van der Waals surface area contributed by atoms with E-state index in [9.17, 15) is 4.79 Å². The molecule has 1 spiro atoms. The molecule has 4 nitrogen and oxygen atoms in total. The minimum absolute atomic E-state index is 0.0389. The van der Waals surface area contributed by atoms with Gasteiger partial charge in [-0.1, -0.05) is 6.92 Å². The molecular formula is C9H16N2O2. The van der Waals surface area contributed by atoms with Gasteiger partial charge in [-0.15, -0.1) is 0 Å². The molecule has 13 heavy (non-hydrogen) atoms. The fourth-order valence-corrected chi connectivity index (χ4v) is 2.06. The number of ether oxygens (including phenoxy) is 1. The van der Waals surface area contributed by atoms with Gasteiger partial charge in [0.2, 0.25) is 0 Å². The molecule has 0 aromatic carbocycles. The van der Waals surface area contributed by atoms with E-state index in [0.29, 0.717) is 6.61 Å². The third-order valence-electron chi connectivity index (χ3n) is 3.11. The lowest BCUT2D eigenvalue weighted by Crippen LogP contribution is -2.52. The highest BCUT2D eigenvalue weighted by atomic mass is 16.6. The first kappa shape index (κ1) is 8.81. The Bertz CT molecular complexity index is 210. The number of carbonyl (C=O) groups is 1. The molecule has 0 bridgehead atoms. The van der Waals surface area contributed by atoms with E-state index < -0.39 is 0 Å². The van der Waals surface area contributed by atoms with Crippen LogP contribution in [-0.2, 0) is 4.74 Å². The van der Waals surface area contributed by atoms with E-state index in [4.69, 9.17) is 4.74 Å². The van der Waals surface area contributed by atoms with E-state index in [1.54, 1.807) is 0 Å². The summed E-state index contributed by atoms with van der Waals surface area (Å²) in [6.07, 6.45) is 1.80. The fourth-order valence-electron chi connectivity index (χ4n) is 2.06. The molecule has 2 saturated heterocycles. The van der Waals surface area contributed by atoms with Gasteiger partial charge in [-0.3, -0.25) is 0 Å². The van der Waals surface area contributed by atoms with Crippen molar-refractivity contribution in [1.29, 1.82) is 0 Å². The summed E-state index contributed by atoms with van der Waals surface area (Å²) in [5.74, 6) is 0. The Balaban J connectivity index is 1.93. The maximum atomic E-state index is 10.9. The average Bonchev–Trinajstić information content (AvgIpc) is 2.49. The minimum Gasteiger partial charge on any atom is -0.447 e. The highest BCUT2D eigenvalue weighted by Gasteiger charge is 2.41. The summed E-state index contributed by atoms with van der Waals surface area (Å²) in [6, 6.07) is 0. The van der Waals surface area contributed by atoms with Gasteiger partial charge in [0.1, 0.15) is 6.61 Å². The molecule has 74 valence electrons. The number of hydrogen-bond donors (Lipinski definition) is 1. The number of cyclic esters (lactones) is 1. The number of nitrogens with zero attached hydrogens (tertiary/aromatic N) is 1. The lowest BCUT2D eigenvalue weighted by Gasteiger charge is -2.36. The molecule has 0 aromatic heterocycles. The van der Waals surface area contributed by atoms with Crippen molar-refractivity contribution < 1.29 is 9.53 Å². The van der Waals surface area contributed by atoms with Crippen molar-refractivity contribution in [3.8, 4) is 0 Å². The van der Waals surface area contributed by atoms with Crippen molar-refractivity contribution in [2.45, 2.75) is 25.3 Å². The van der Waals surface area contributed by atoms with E-state index in [2.05, 4.69) is 17.1 Å². The molecule has 0 aromatic rings. The monoisotopic (exact) mass is 184 g/mol. The van der Waals surface area contributed by atoms with Crippen LogP contribution in [-0.4, -0.2) is 42.8 Å². The number of carbonyl (C=O) groups excluding carboxylic acids is 1. The zero-order valence-corrected chi connectivity index (χ0v) is 8.01. The summed E-state index contributed by atoms with van der Waals surface area (Å²) in [4.78, 5) is 13.3. The average molecular weight is 184 g/mol. The highest BCUT2D eigenvalue weighted by Crippen LogP contribution is 2.26. The summed E-state index contributed by atoms with van der Waals surface area (Å²) in [5.41, 5.74) is -0.0389. The van der Waals surface area contributed by atoms with Crippen molar-refractivity contribution in [3.63, 3.8) is 0 Å². The first-order valence-corrected chi connectivity index (χ1v) is 4.91. The quantitative estimate of drug-likeness (QED) is 0.648. The van der Waals surface area contributed by atoms with Gasteiger partial charge >= 0.3 is 6.09 Å². The van der Waals surface area contributed by atoms with Crippen molar-refractivity contribution in [3.05, 3.63) is 0 Å². The first-order valence-electron chi connectivity index (χ1n) is 4.91. The van der Waals surface area contributed by atoms with Gasteiger partial charge in [0.15, 0.2) is 0 Å². The van der Waals surface area contributed by atoms with E-state index in [0.717, 1.165) is 32.5 Å². The number of alkyl carbamates (subject to hydrolysis) is 1. The molecule has 1 amide bonds. The molecule has 0 aliphatic carbocycles. The van der Waals surface area contributed by atoms with Crippen molar-refractivity contribution in [2.75, 3.05) is 26.2 Å². The number of rotatable bonds is 1. The molecule has 1 N–H and O–H groups in total. The number of piperidine rings is 1. The number of amides is 1. The molecule has 0 radical (unpaired) electrons. The second-order valence-corrected chi connectivity index (χ2v) is 3.92. The standard InChI is InChI=1S/C9H16N2O2/c1-2-11-5-3-9(4-6-11)7-13-8(12)10-9/h2-7H2,1H3,(H,10,12). The minimum atomic E-state index is -0.245. The van der Waals surface area contributed by atoms with Crippen LogP contribution in [0.3, 0.4) is 0 Å². The smallest absolute Gasteiger partial charge is 0.407 e. The van der Waals surface area contributed by atoms with Crippen LogP contribution in [0.2, 0.25) is 0 Å². The Kier molecular flexibility index (Phi) is 2.15. The Labute approximate surface area is 78.2 Å². The highest BCUT2D eigenvalue weighted by molar-refractivity contribution is 5.70. The lowest BCUT2D eigenvalue weighted by molar-refractivity contribution is 0.132. The van der Waals surface area contributed by atoms with Crippen LogP contribution >= 0.6 is 0 Å². The third kappa shape index (κ3) is 1.63. The zero-order chi connectivity index (χ0) is 9.31. The van der Waals surface area contributed by atoms with E-state index >= 15 is 0 Å². The van der Waals surface area contributed by atoms with Gasteiger partial charge in [0, 0.05) is 13.1 Å². The van der Waals surface area contributed by atoms with Crippen LogP contribution in [0.25, 0.3) is 0 Å². The Hall–Kier alpha value is -0.770. The Morgan fingerprint density at radius 1 is 1.54 bits per heavy atom. The van der Waals surface area contributed by atoms with E-state index in [1.165, 1.54) is 0 Å². The van der Waals surface area contributed by atoms with Crippen molar-refractivity contribution >= 4 is 6.09 Å². The van der Waals surface area contributed by atoms with Gasteiger partial charge in [-0.2, -0.15) is 0 Å². The maximum absolute atomic E-state index is 10.9. The molecule has 2 heterocycles. The SMILES string of the molecule is CCN1CCC2(CC1)COC(=O)N2. The summed E-state index contributed by atoms with van der Waals surface area (Å²) in [6.45, 7) is 5.97. The predicted molar refractivity (Wildman–Crippen MR) is 48.6 cm³/mol. The molecule has 2 fully saturated rings. The first-order chi connectivity index (χ1) is 6.24. The topological polar surface area (TPSA) is 41.6 Å². The fraction of sp³-hybridized carbons (Fsp3) is 0.889. The second kappa shape index (κ2) is 3.18. The molecule has 4 heteroatoms. The van der Waals surface area contributed by atoms with Gasteiger partial charge < -0.3 is 15.0 Å². The summed E-state index contributed by atoms with van der Waals surface area (Å²) < 4.78 is 4.95. The second-order valence-electron chi connectivity index (χ2n) is 3.92. The summed E-state index contributed by atoms with van der Waals surface area (Å²) in [7, 11) is 0. The van der Waals surface area contributed by atoms with Crippen LogP contribution in [0, 0.1) is 0 Å². The number of hydrogen-bond acceptors (Lipinski definition) is 3. The normalized spacial score (nSPS) is 27.3. The predicted octanol–water partition coefficient (Wildman–Crippen LogP) is 0.581. The van der Waals surface area contributed by atoms with Crippen LogP contribution in [0.5, 0.6) is 0 Å². The molecule has 0 unspecified atom stereocenters. The maximum Gasteiger partial charge on any atom is 0.407 e. The van der Waals surface area contributed by atoms with Gasteiger partial charge in [0.05, 0.1) is 5.54 Å². The molecule has 0 saturated carbocycles. The van der Waals surface area contributed by atoms with E-state index in [1.807, 2.05) is 0 Å². The number of likely N-dealkylation sites (tertiary alicyclic amines) is 1. The molecule has 2 aliphatic heterocycles. The summed E-state index contributed by atoms with van der Waals surface area (Å²) in [5, 5.41) is 2.93. The number of nitrogens with one attached hydrogen (secondary N) is 1. The van der Waals surface area contributed by atoms with Gasteiger partial charge in [-0.05, 0) is 19.4 Å². The Morgan fingerprint density at radius 2 is 2.23 bits per heavy atom. The van der Waals surface area contributed by atoms with Crippen molar-refractivity contribution in [2.24, 2.45) is 0 Å². The molecule has 0 atom stereocenters. The molecular weight excluding hydrogens is 168 g/mol. The molecule has 2 rings (SSSR count). The van der Waals surface area contributed by atoms with E-state index in [-0.39, 0.29) is 11.6 Å². The largest absolute Gasteiger partial charge is 0.447 e. The van der Waals surface area contributed by atoms with Crippen LogP contribution < -0.4 is 5.32 Å². The van der Waals surface area contributed by atoms with Crippen LogP contribution in [0.1, 0.15) is 19.8 Å². The third-order valence-corrected chi connectivity index (χ3v) is 3.11. The van der Waals surface area contributed by atoms with Gasteiger partial charge in [0.25, 0.3) is 0 Å². The zero-order valence-electron chi connectivity index (χ0n) is 8.01. The lowest BCUT2D eigenvalue weighted by atomic mass is 9.89. The molecule has 2 aliphatic rings. The summed E-state index contributed by atoms with van der Waals surface area (Å²) >= 11 is 0.